The van der Waals surface area contributed by atoms with Gasteiger partial charge in [0.05, 0.1) is 34.7 Å². The molecule has 0 atom stereocenters. The molecule has 0 aliphatic heterocycles. The zero-order valence-corrected chi connectivity index (χ0v) is 18.5. The summed E-state index contributed by atoms with van der Waals surface area (Å²) in [5.41, 5.74) is 5.54. The number of nitrogens with one attached hydrogen (secondary N) is 1. The van der Waals surface area contributed by atoms with Gasteiger partial charge >= 0.3 is 0 Å². The number of amides is 1. The first-order chi connectivity index (χ1) is 15.5. The fourth-order valence-corrected chi connectivity index (χ4v) is 4.17. The van der Waals surface area contributed by atoms with E-state index in [4.69, 9.17) is 4.63 Å². The van der Waals surface area contributed by atoms with Crippen molar-refractivity contribution < 1.29 is 9.42 Å². The number of pyridine rings is 1. The average Bonchev–Trinajstić information content (AvgIpc) is 3.52. The number of fused-ring (bicyclic) bond motifs is 1. The van der Waals surface area contributed by atoms with Crippen LogP contribution in [0.2, 0.25) is 0 Å². The molecule has 4 aromatic heterocycles. The number of thiazole rings is 1. The lowest BCUT2D eigenvalue weighted by Crippen LogP contribution is -2.14. The van der Waals surface area contributed by atoms with E-state index in [9.17, 15) is 4.79 Å². The summed E-state index contributed by atoms with van der Waals surface area (Å²) in [5, 5.41) is 18.8. The Morgan fingerprint density at radius 3 is 2.75 bits per heavy atom. The van der Waals surface area contributed by atoms with E-state index in [0.717, 1.165) is 21.6 Å². The molecule has 10 heteroatoms. The van der Waals surface area contributed by atoms with E-state index in [0.29, 0.717) is 40.6 Å². The number of nitrogens with zero attached hydrogens (tertiary/aromatic N) is 6. The molecule has 4 heterocycles. The number of hydrogen-bond acceptors (Lipinski definition) is 8. The molecule has 0 bridgehead atoms. The first-order valence-corrected chi connectivity index (χ1v) is 10.8. The maximum atomic E-state index is 13.4. The highest BCUT2D eigenvalue weighted by atomic mass is 32.1. The van der Waals surface area contributed by atoms with E-state index in [1.165, 1.54) is 11.3 Å². The Morgan fingerprint density at radius 1 is 1.16 bits per heavy atom. The van der Waals surface area contributed by atoms with Crippen LogP contribution in [0.3, 0.4) is 0 Å². The fraction of sp³-hybridized carbons (Fsp3) is 0.182. The van der Waals surface area contributed by atoms with Crippen LogP contribution in [0.25, 0.3) is 21.6 Å². The average molecular weight is 446 g/mol. The minimum absolute atomic E-state index is 0.230. The Kier molecular flexibility index (Phi) is 4.98. The Morgan fingerprint density at radius 2 is 2.00 bits per heavy atom. The van der Waals surface area contributed by atoms with Crippen molar-refractivity contribution >= 4 is 33.8 Å². The molecule has 0 saturated carbocycles. The highest BCUT2D eigenvalue weighted by molar-refractivity contribution is 7.13. The van der Waals surface area contributed by atoms with Gasteiger partial charge in [0.15, 0.2) is 0 Å². The first kappa shape index (κ1) is 20.0. The van der Waals surface area contributed by atoms with E-state index < -0.39 is 0 Å². The highest BCUT2D eigenvalue weighted by Gasteiger charge is 2.20. The quantitative estimate of drug-likeness (QED) is 0.432. The number of anilines is 1. The van der Waals surface area contributed by atoms with E-state index in [1.807, 2.05) is 50.4 Å². The molecule has 1 aromatic carbocycles. The number of hydrogen-bond donors (Lipinski definition) is 1. The molecule has 1 amide bonds. The monoisotopic (exact) mass is 445 g/mol. The summed E-state index contributed by atoms with van der Waals surface area (Å²) < 4.78 is 6.56. The van der Waals surface area contributed by atoms with Crippen LogP contribution < -0.4 is 5.32 Å². The molecule has 0 aliphatic rings. The topological polar surface area (TPSA) is 112 Å². The van der Waals surface area contributed by atoms with Crippen LogP contribution in [0.5, 0.6) is 0 Å². The van der Waals surface area contributed by atoms with Crippen LogP contribution in [-0.4, -0.2) is 36.0 Å². The molecule has 0 radical (unpaired) electrons. The second-order valence-corrected chi connectivity index (χ2v) is 8.26. The zero-order chi connectivity index (χ0) is 22.2. The summed E-state index contributed by atoms with van der Waals surface area (Å²) in [6.07, 6.45) is 1.73. The molecule has 32 heavy (non-hydrogen) atoms. The minimum Gasteiger partial charge on any atom is -0.319 e. The number of benzene rings is 1. The predicted molar refractivity (Wildman–Crippen MR) is 121 cm³/mol. The van der Waals surface area contributed by atoms with Gasteiger partial charge in [-0.25, -0.2) is 14.6 Å². The van der Waals surface area contributed by atoms with Gasteiger partial charge in [-0.2, -0.15) is 5.10 Å². The molecule has 160 valence electrons. The fourth-order valence-electron chi connectivity index (χ4n) is 3.57. The normalized spacial score (nSPS) is 11.2. The van der Waals surface area contributed by atoms with Crippen molar-refractivity contribution in [1.29, 1.82) is 0 Å². The molecule has 0 unspecified atom stereocenters. The number of carbonyl (C=O) groups is 1. The first-order valence-electron chi connectivity index (χ1n) is 9.94. The summed E-state index contributed by atoms with van der Waals surface area (Å²) in [4.78, 5) is 22.4. The summed E-state index contributed by atoms with van der Waals surface area (Å²) in [5.74, 6) is -0.230. The van der Waals surface area contributed by atoms with Crippen molar-refractivity contribution in [3.05, 3.63) is 70.2 Å². The van der Waals surface area contributed by atoms with Crippen LogP contribution in [0, 0.1) is 20.8 Å². The lowest BCUT2D eigenvalue weighted by Gasteiger charge is -2.10. The molecule has 9 nitrogen and oxygen atoms in total. The van der Waals surface area contributed by atoms with Crippen LogP contribution in [0.1, 0.15) is 33.1 Å². The third kappa shape index (κ3) is 3.54. The van der Waals surface area contributed by atoms with Gasteiger partial charge in [-0.3, -0.25) is 9.48 Å². The van der Waals surface area contributed by atoms with Gasteiger partial charge < -0.3 is 5.32 Å². The van der Waals surface area contributed by atoms with E-state index in [2.05, 4.69) is 30.7 Å². The van der Waals surface area contributed by atoms with Gasteiger partial charge in [0, 0.05) is 17.0 Å². The predicted octanol–water partition coefficient (Wildman–Crippen LogP) is 4.16. The van der Waals surface area contributed by atoms with Crippen molar-refractivity contribution in [3.63, 3.8) is 0 Å². The molecular weight excluding hydrogens is 426 g/mol. The van der Waals surface area contributed by atoms with Gasteiger partial charge in [0.25, 0.3) is 5.91 Å². The standard InChI is InChI=1S/C22H19N7O2S/c1-12-19(28-31-27-12)11-29-14(3)20(13(2)26-29)25-21(30)16-10-18(22-23-8-9-32-22)24-17-7-5-4-6-15(16)17/h4-10H,11H2,1-3H3,(H,25,30). The van der Waals surface area contributed by atoms with Gasteiger partial charge in [-0.15, -0.1) is 11.3 Å². The van der Waals surface area contributed by atoms with Gasteiger partial charge in [-0.05, 0) is 32.9 Å². The lowest BCUT2D eigenvalue weighted by molar-refractivity contribution is 0.102. The molecule has 0 fully saturated rings. The molecule has 5 aromatic rings. The third-order valence-electron chi connectivity index (χ3n) is 5.28. The highest BCUT2D eigenvalue weighted by Crippen LogP contribution is 2.28. The second kappa shape index (κ2) is 7.97. The Hall–Kier alpha value is -3.92. The lowest BCUT2D eigenvalue weighted by atomic mass is 10.1. The maximum absolute atomic E-state index is 13.4. The number of aromatic nitrogens is 6. The molecule has 1 N–H and O–H groups in total. The Balaban J connectivity index is 1.51. The Labute approximate surface area is 187 Å². The Bertz CT molecular complexity index is 1440. The summed E-state index contributed by atoms with van der Waals surface area (Å²) in [7, 11) is 0. The van der Waals surface area contributed by atoms with E-state index in [-0.39, 0.29) is 5.91 Å². The van der Waals surface area contributed by atoms with Crippen molar-refractivity contribution in [2.24, 2.45) is 0 Å². The SMILES string of the molecule is Cc1nonc1Cn1nc(C)c(NC(=O)c2cc(-c3nccs3)nc3ccccc23)c1C. The number of rotatable bonds is 5. The number of aryl methyl sites for hydroxylation is 2. The molecular formula is C22H19N7O2S. The number of para-hydroxylation sites is 1. The molecule has 0 aliphatic carbocycles. The van der Waals surface area contributed by atoms with Gasteiger partial charge in [0.1, 0.15) is 22.1 Å². The number of carbonyl (C=O) groups excluding carboxylic acids is 1. The molecule has 5 rings (SSSR count). The van der Waals surface area contributed by atoms with Crippen LogP contribution >= 0.6 is 11.3 Å². The van der Waals surface area contributed by atoms with Crippen LogP contribution in [-0.2, 0) is 6.54 Å². The van der Waals surface area contributed by atoms with Crippen molar-refractivity contribution in [2.75, 3.05) is 5.32 Å². The smallest absolute Gasteiger partial charge is 0.256 e. The molecule has 0 saturated heterocycles. The zero-order valence-electron chi connectivity index (χ0n) is 17.7. The van der Waals surface area contributed by atoms with Gasteiger partial charge in [0.2, 0.25) is 0 Å². The maximum Gasteiger partial charge on any atom is 0.256 e. The second-order valence-electron chi connectivity index (χ2n) is 7.36. The van der Waals surface area contributed by atoms with Crippen LogP contribution in [0.4, 0.5) is 5.69 Å². The summed E-state index contributed by atoms with van der Waals surface area (Å²) in [6, 6.07) is 9.38. The minimum atomic E-state index is -0.230. The molecule has 0 spiro atoms. The van der Waals surface area contributed by atoms with E-state index >= 15 is 0 Å². The largest absolute Gasteiger partial charge is 0.319 e. The summed E-state index contributed by atoms with van der Waals surface area (Å²) in [6.45, 7) is 6.00. The van der Waals surface area contributed by atoms with E-state index in [1.54, 1.807) is 16.9 Å². The third-order valence-corrected chi connectivity index (χ3v) is 6.07. The van der Waals surface area contributed by atoms with Crippen molar-refractivity contribution in [3.8, 4) is 10.7 Å². The summed E-state index contributed by atoms with van der Waals surface area (Å²) >= 11 is 1.48. The van der Waals surface area contributed by atoms with Crippen molar-refractivity contribution in [1.82, 2.24) is 30.1 Å². The van der Waals surface area contributed by atoms with Crippen LogP contribution in [0.15, 0.2) is 46.5 Å². The van der Waals surface area contributed by atoms with Crippen molar-refractivity contribution in [2.45, 2.75) is 27.3 Å². The van der Waals surface area contributed by atoms with Gasteiger partial charge in [-0.1, -0.05) is 28.5 Å².